The van der Waals surface area contributed by atoms with Gasteiger partial charge in [-0.05, 0) is 0 Å². The third kappa shape index (κ3) is 3.32. The molecule has 0 radical (unpaired) electrons. The molecule has 0 saturated heterocycles. The third-order valence-corrected chi connectivity index (χ3v) is 2.84. The zero-order valence-electron chi connectivity index (χ0n) is 7.04. The van der Waals surface area contributed by atoms with E-state index in [9.17, 15) is 17.6 Å². The molecule has 0 bridgehead atoms. The van der Waals surface area contributed by atoms with Crippen LogP contribution in [0.1, 0.15) is 11.1 Å². The van der Waals surface area contributed by atoms with Gasteiger partial charge in [0, 0.05) is 0 Å². The second-order valence-electron chi connectivity index (χ2n) is 2.56. The van der Waals surface area contributed by atoms with E-state index in [0.29, 0.717) is 10.6 Å². The summed E-state index contributed by atoms with van der Waals surface area (Å²) in [6, 6.07) is 3.06. The van der Waals surface area contributed by atoms with E-state index in [1.165, 1.54) is 6.07 Å². The molecule has 1 rings (SSSR count). The van der Waals surface area contributed by atoms with Crippen molar-refractivity contribution in [1.29, 1.82) is 0 Å². The number of halogens is 5. The van der Waals surface area contributed by atoms with E-state index in [2.05, 4.69) is 0 Å². The van der Waals surface area contributed by atoms with E-state index >= 15 is 0 Å². The number of rotatable bonds is 1. The van der Waals surface area contributed by atoms with Crippen LogP contribution in [0.5, 0.6) is 0 Å². The van der Waals surface area contributed by atoms with Crippen molar-refractivity contribution < 1.29 is 52.8 Å². The first-order valence-electron chi connectivity index (χ1n) is 3.60. The van der Waals surface area contributed by atoms with E-state index < -0.39 is 17.6 Å². The van der Waals surface area contributed by atoms with Crippen LogP contribution in [-0.4, -0.2) is 0 Å². The molecule has 6 heteroatoms. The molecule has 0 aromatic heterocycles. The molecule has 74 valence electrons. The largest absolute Gasteiger partial charge is 1.00 e. The van der Waals surface area contributed by atoms with Crippen molar-refractivity contribution in [2.75, 3.05) is 0 Å². The predicted octanol–water partition coefficient (Wildman–Crippen LogP) is -0.105. The zero-order valence-corrected chi connectivity index (χ0v) is 11.6. The number of alkyl halides is 3. The van der Waals surface area contributed by atoms with Crippen LogP contribution < -0.4 is 17.0 Å². The standard InChI is InChI=1S/C8H5F4.BrH.Zn/c1-5-2-3-6(7(9)4-5)8(10,11)12;;/h2-4H,1H2;1H;/q;;+1/p-1. The monoisotopic (exact) mass is 320 g/mol. The first kappa shape index (κ1) is 14.0. The van der Waals surface area contributed by atoms with E-state index in [1.54, 1.807) is 0 Å². The Bertz CT molecular complexity index is 311. The summed E-state index contributed by atoms with van der Waals surface area (Å²) in [6.45, 7) is 0. The maximum Gasteiger partial charge on any atom is -1.00 e. The number of benzene rings is 1. The maximum absolute atomic E-state index is 12.8. The molecule has 0 nitrogen and oxygen atoms in total. The Balaban J connectivity index is 0.00000169. The summed E-state index contributed by atoms with van der Waals surface area (Å²) in [5, 5.41) is 0.648. The van der Waals surface area contributed by atoms with Crippen LogP contribution >= 0.6 is 0 Å². The fraction of sp³-hybridized carbons (Fsp3) is 0.250. The predicted molar refractivity (Wildman–Crippen MR) is 35.1 cm³/mol. The molecule has 14 heavy (non-hydrogen) atoms. The van der Waals surface area contributed by atoms with Gasteiger partial charge in [0.25, 0.3) is 0 Å². The van der Waals surface area contributed by atoms with Gasteiger partial charge in [0.15, 0.2) is 0 Å². The van der Waals surface area contributed by atoms with Crippen LogP contribution in [0.4, 0.5) is 17.6 Å². The second kappa shape index (κ2) is 5.22. The average Bonchev–Trinajstić information content (AvgIpc) is 2.01. The molecule has 0 aliphatic rings. The summed E-state index contributed by atoms with van der Waals surface area (Å²) < 4.78 is 49.0. The van der Waals surface area contributed by atoms with Crippen LogP contribution in [0.3, 0.4) is 0 Å². The van der Waals surface area contributed by atoms with E-state index in [-0.39, 0.29) is 17.0 Å². The Morgan fingerprint density at radius 2 is 1.79 bits per heavy atom. The quantitative estimate of drug-likeness (QED) is 0.500. The van der Waals surface area contributed by atoms with Crippen molar-refractivity contribution in [3.05, 3.63) is 35.1 Å². The Morgan fingerprint density at radius 3 is 2.14 bits per heavy atom. The van der Waals surface area contributed by atoms with Crippen LogP contribution in [0, 0.1) is 5.82 Å². The fourth-order valence-electron chi connectivity index (χ4n) is 0.944. The first-order valence-corrected chi connectivity index (χ1v) is 5.70. The summed E-state index contributed by atoms with van der Waals surface area (Å²) in [7, 11) is 0. The minimum atomic E-state index is -4.59. The third-order valence-electron chi connectivity index (χ3n) is 1.63. The van der Waals surface area contributed by atoms with Crippen molar-refractivity contribution in [2.45, 2.75) is 11.2 Å². The molecular formula is C8H5BrF4Zn. The van der Waals surface area contributed by atoms with Crippen molar-refractivity contribution in [3.63, 3.8) is 0 Å². The van der Waals surface area contributed by atoms with E-state index in [0.717, 1.165) is 30.4 Å². The smallest absolute Gasteiger partial charge is 1.00 e. The van der Waals surface area contributed by atoms with Crippen molar-refractivity contribution in [3.8, 4) is 0 Å². The molecule has 0 unspecified atom stereocenters. The van der Waals surface area contributed by atoms with Gasteiger partial charge in [0.1, 0.15) is 0 Å². The molecule has 0 aliphatic carbocycles. The van der Waals surface area contributed by atoms with Crippen LogP contribution in [0.2, 0.25) is 0 Å². The van der Waals surface area contributed by atoms with Crippen LogP contribution in [0.25, 0.3) is 0 Å². The van der Waals surface area contributed by atoms with Crippen molar-refractivity contribution >= 4 is 0 Å². The molecule has 0 atom stereocenters. The maximum atomic E-state index is 12.8. The number of hydrogen-bond acceptors (Lipinski definition) is 0. The van der Waals surface area contributed by atoms with Gasteiger partial charge in [0.05, 0.1) is 0 Å². The van der Waals surface area contributed by atoms with Crippen molar-refractivity contribution in [1.82, 2.24) is 0 Å². The minimum absolute atomic E-state index is 0. The Kier molecular flexibility index (Phi) is 5.23. The Hall–Kier alpha value is 0.0434. The molecule has 0 amide bonds. The zero-order chi connectivity index (χ0) is 10.1. The van der Waals surface area contributed by atoms with Gasteiger partial charge >= 0.3 is 82.2 Å². The molecule has 0 N–H and O–H groups in total. The van der Waals surface area contributed by atoms with Gasteiger partial charge in [-0.15, -0.1) is 0 Å². The van der Waals surface area contributed by atoms with Crippen LogP contribution in [0.15, 0.2) is 18.2 Å². The topological polar surface area (TPSA) is 0 Å². The average molecular weight is 322 g/mol. The fourth-order valence-corrected chi connectivity index (χ4v) is 1.60. The van der Waals surface area contributed by atoms with Crippen molar-refractivity contribution in [2.24, 2.45) is 0 Å². The minimum Gasteiger partial charge on any atom is -1.00 e. The molecule has 1 aromatic rings. The molecule has 0 saturated carbocycles. The van der Waals surface area contributed by atoms with Gasteiger partial charge in [0.2, 0.25) is 0 Å². The summed E-state index contributed by atoms with van der Waals surface area (Å²) in [4.78, 5) is 0. The van der Waals surface area contributed by atoms with Gasteiger partial charge in [-0.1, -0.05) is 0 Å². The SMILES string of the molecule is Fc1cc([CH2][Zn+])ccc1C(F)(F)F.[Br-]. The first-order chi connectivity index (χ1) is 5.95. The van der Waals surface area contributed by atoms with Gasteiger partial charge in [-0.2, -0.15) is 0 Å². The summed E-state index contributed by atoms with van der Waals surface area (Å²) in [6.07, 6.45) is -4.59. The van der Waals surface area contributed by atoms with Gasteiger partial charge < -0.3 is 17.0 Å². The molecule has 0 aliphatic heterocycles. The molecule has 0 spiro atoms. The summed E-state index contributed by atoms with van der Waals surface area (Å²) in [5.74, 6) is -1.18. The molecular weight excluding hydrogens is 317 g/mol. The Labute approximate surface area is 99.1 Å². The summed E-state index contributed by atoms with van der Waals surface area (Å²) in [5.41, 5.74) is -0.574. The van der Waals surface area contributed by atoms with E-state index in [4.69, 9.17) is 0 Å². The molecule has 0 heterocycles. The number of hydrogen-bond donors (Lipinski definition) is 0. The Morgan fingerprint density at radius 1 is 1.21 bits per heavy atom. The van der Waals surface area contributed by atoms with Gasteiger partial charge in [-0.3, -0.25) is 0 Å². The molecule has 1 aromatic carbocycles. The van der Waals surface area contributed by atoms with E-state index in [1.807, 2.05) is 0 Å². The molecule has 0 fully saturated rings. The van der Waals surface area contributed by atoms with Crippen LogP contribution in [-0.2, 0) is 29.5 Å². The normalized spacial score (nSPS) is 11.0. The second-order valence-corrected chi connectivity index (χ2v) is 3.61. The summed E-state index contributed by atoms with van der Waals surface area (Å²) >= 11 is 0.908. The van der Waals surface area contributed by atoms with Gasteiger partial charge in [-0.25, -0.2) is 0 Å².